The van der Waals surface area contributed by atoms with Crippen molar-refractivity contribution in [2.75, 3.05) is 7.05 Å². The van der Waals surface area contributed by atoms with Crippen molar-refractivity contribution in [2.45, 2.75) is 0 Å². The Hall–Kier alpha value is -0.560. The summed E-state index contributed by atoms with van der Waals surface area (Å²) in [5, 5.41) is 0.583. The van der Waals surface area contributed by atoms with Gasteiger partial charge in [-0.1, -0.05) is 12.7 Å². The third-order valence-corrected chi connectivity index (χ3v) is 1.03. The molecule has 0 aliphatic carbocycles. The molecule has 0 heterocycles. The molecule has 0 unspecified atom stereocenters. The van der Waals surface area contributed by atoms with E-state index in [-0.39, 0.29) is 0 Å². The van der Waals surface area contributed by atoms with Gasteiger partial charge in [-0.2, -0.15) is 4.58 Å². The van der Waals surface area contributed by atoms with E-state index in [4.69, 9.17) is 11.6 Å². The van der Waals surface area contributed by atoms with Crippen LogP contribution >= 0.6 is 11.6 Å². The zero-order chi connectivity index (χ0) is 6.57. The van der Waals surface area contributed by atoms with Crippen molar-refractivity contribution in [1.29, 1.82) is 0 Å². The smallest absolute Gasteiger partial charge is 0.198 e. The van der Waals surface area contributed by atoms with Gasteiger partial charge in [-0.3, -0.25) is 0 Å². The SMILES string of the molecule is C=C/C=C(/Cl)[N+](=C)C. The Morgan fingerprint density at radius 3 is 2.38 bits per heavy atom. The molecule has 0 aliphatic rings. The minimum Gasteiger partial charge on any atom is -0.198 e. The van der Waals surface area contributed by atoms with Crippen LogP contribution in [0.1, 0.15) is 0 Å². The molecular formula is C6H9ClN+. The quantitative estimate of drug-likeness (QED) is 0.231. The molecule has 0 N–H and O–H groups in total. The van der Waals surface area contributed by atoms with Crippen LogP contribution in [0.25, 0.3) is 0 Å². The molecule has 2 heteroatoms. The molecule has 0 rings (SSSR count). The van der Waals surface area contributed by atoms with Gasteiger partial charge in [0.1, 0.15) is 13.8 Å². The van der Waals surface area contributed by atoms with Gasteiger partial charge in [0.2, 0.25) is 0 Å². The molecule has 0 aromatic carbocycles. The van der Waals surface area contributed by atoms with Gasteiger partial charge < -0.3 is 0 Å². The minimum absolute atomic E-state index is 0.583. The first-order valence-electron chi connectivity index (χ1n) is 2.21. The standard InChI is InChI=1S/C6H9ClN/c1-4-5-6(7)8(2)3/h4-5H,1-2H2,3H3/q+1/b6-5-. The third kappa shape index (κ3) is 2.59. The molecule has 8 heavy (non-hydrogen) atoms. The fourth-order valence-corrected chi connectivity index (χ4v) is 0.314. The first kappa shape index (κ1) is 7.44. The number of allylic oxidation sites excluding steroid dienone is 2. The van der Waals surface area contributed by atoms with Gasteiger partial charge in [-0.15, -0.1) is 0 Å². The first-order chi connectivity index (χ1) is 3.68. The molecule has 0 aliphatic heterocycles. The normalized spacial score (nSPS) is 11.0. The summed E-state index contributed by atoms with van der Waals surface area (Å²) in [6, 6.07) is 0. The highest BCUT2D eigenvalue weighted by atomic mass is 35.5. The summed E-state index contributed by atoms with van der Waals surface area (Å²) in [7, 11) is 1.77. The lowest BCUT2D eigenvalue weighted by Crippen LogP contribution is -1.94. The molecule has 0 spiro atoms. The van der Waals surface area contributed by atoms with E-state index in [0.29, 0.717) is 5.16 Å². The van der Waals surface area contributed by atoms with Crippen molar-refractivity contribution in [3.8, 4) is 0 Å². The van der Waals surface area contributed by atoms with Crippen LogP contribution in [0, 0.1) is 0 Å². The topological polar surface area (TPSA) is 3.01 Å². The van der Waals surface area contributed by atoms with Gasteiger partial charge in [-0.05, 0) is 11.6 Å². The summed E-state index contributed by atoms with van der Waals surface area (Å²) in [6.45, 7) is 7.01. The van der Waals surface area contributed by atoms with E-state index < -0.39 is 0 Å². The number of nitrogens with zero attached hydrogens (tertiary/aromatic N) is 1. The van der Waals surface area contributed by atoms with E-state index in [9.17, 15) is 0 Å². The molecule has 1 nitrogen and oxygen atoms in total. The lowest BCUT2D eigenvalue weighted by Gasteiger charge is -1.83. The maximum Gasteiger partial charge on any atom is 0.274 e. The average molecular weight is 131 g/mol. The molecule has 44 valence electrons. The highest BCUT2D eigenvalue weighted by molar-refractivity contribution is 6.28. The van der Waals surface area contributed by atoms with Crippen LogP contribution < -0.4 is 0 Å². The zero-order valence-electron chi connectivity index (χ0n) is 4.89. The molecule has 0 saturated carbocycles. The van der Waals surface area contributed by atoms with Crippen molar-refractivity contribution in [1.82, 2.24) is 0 Å². The molecule has 0 bridgehead atoms. The second kappa shape index (κ2) is 3.44. The highest BCUT2D eigenvalue weighted by Crippen LogP contribution is 1.98. The predicted molar refractivity (Wildman–Crippen MR) is 37.4 cm³/mol. The van der Waals surface area contributed by atoms with Gasteiger partial charge in [0.15, 0.2) is 0 Å². The molecular weight excluding hydrogens is 122 g/mol. The average Bonchev–Trinajstić information content (AvgIpc) is 1.67. The van der Waals surface area contributed by atoms with Crippen LogP contribution in [0.2, 0.25) is 0 Å². The second-order valence-electron chi connectivity index (χ2n) is 1.42. The van der Waals surface area contributed by atoms with Crippen LogP contribution in [0.3, 0.4) is 0 Å². The third-order valence-electron chi connectivity index (χ3n) is 0.620. The van der Waals surface area contributed by atoms with Crippen molar-refractivity contribution in [3.05, 3.63) is 23.9 Å². The molecule has 0 aromatic heterocycles. The number of hydrogen-bond donors (Lipinski definition) is 0. The molecule has 0 amide bonds. The summed E-state index contributed by atoms with van der Waals surface area (Å²) < 4.78 is 1.56. The van der Waals surface area contributed by atoms with E-state index in [2.05, 4.69) is 13.3 Å². The highest BCUT2D eigenvalue weighted by Gasteiger charge is 1.94. The Bertz CT molecular complexity index is 135. The van der Waals surface area contributed by atoms with Gasteiger partial charge >= 0.3 is 0 Å². The predicted octanol–water partition coefficient (Wildman–Crippen LogP) is 1.60. The van der Waals surface area contributed by atoms with E-state index >= 15 is 0 Å². The summed E-state index contributed by atoms with van der Waals surface area (Å²) in [4.78, 5) is 0. The van der Waals surface area contributed by atoms with E-state index in [1.165, 1.54) is 0 Å². The molecule has 0 aromatic rings. The zero-order valence-corrected chi connectivity index (χ0v) is 5.65. The van der Waals surface area contributed by atoms with Gasteiger partial charge in [0.25, 0.3) is 5.16 Å². The maximum absolute atomic E-state index is 5.57. The van der Waals surface area contributed by atoms with Gasteiger partial charge in [-0.25, -0.2) is 0 Å². The Morgan fingerprint density at radius 2 is 2.25 bits per heavy atom. The van der Waals surface area contributed by atoms with Crippen LogP contribution in [-0.2, 0) is 0 Å². The number of halogens is 1. The van der Waals surface area contributed by atoms with Crippen LogP contribution in [0.15, 0.2) is 23.9 Å². The monoisotopic (exact) mass is 130 g/mol. The van der Waals surface area contributed by atoms with Gasteiger partial charge in [0, 0.05) is 6.08 Å². The van der Waals surface area contributed by atoms with E-state index in [1.807, 2.05) is 0 Å². The molecule has 0 atom stereocenters. The Kier molecular flexibility index (Phi) is 3.20. The number of rotatable bonds is 2. The minimum atomic E-state index is 0.583. The van der Waals surface area contributed by atoms with Crippen LogP contribution in [0.4, 0.5) is 0 Å². The first-order valence-corrected chi connectivity index (χ1v) is 2.58. The van der Waals surface area contributed by atoms with Crippen molar-refractivity contribution < 1.29 is 4.58 Å². The van der Waals surface area contributed by atoms with Crippen molar-refractivity contribution in [2.24, 2.45) is 0 Å². The Morgan fingerprint density at radius 1 is 1.75 bits per heavy atom. The fraction of sp³-hybridized carbons (Fsp3) is 0.167. The van der Waals surface area contributed by atoms with Gasteiger partial charge in [0.05, 0.1) is 0 Å². The fourth-order valence-electron chi connectivity index (χ4n) is 0.224. The van der Waals surface area contributed by atoms with Crippen LogP contribution in [-0.4, -0.2) is 18.3 Å². The van der Waals surface area contributed by atoms with Crippen LogP contribution in [0.5, 0.6) is 0 Å². The van der Waals surface area contributed by atoms with E-state index in [1.54, 1.807) is 23.8 Å². The lowest BCUT2D eigenvalue weighted by molar-refractivity contribution is -0.421. The van der Waals surface area contributed by atoms with Crippen molar-refractivity contribution in [3.63, 3.8) is 0 Å². The van der Waals surface area contributed by atoms with E-state index in [0.717, 1.165) is 0 Å². The largest absolute Gasteiger partial charge is 0.274 e. The Balaban J connectivity index is 3.99. The summed E-state index contributed by atoms with van der Waals surface area (Å²) >= 11 is 5.57. The Labute approximate surface area is 54.6 Å². The summed E-state index contributed by atoms with van der Waals surface area (Å²) in [5.74, 6) is 0. The molecule has 0 radical (unpaired) electrons. The molecule has 0 saturated heterocycles. The molecule has 0 fully saturated rings. The van der Waals surface area contributed by atoms with Crippen molar-refractivity contribution >= 4 is 18.3 Å². The number of hydrogen-bond acceptors (Lipinski definition) is 0. The summed E-state index contributed by atoms with van der Waals surface area (Å²) in [6.07, 6.45) is 3.29. The summed E-state index contributed by atoms with van der Waals surface area (Å²) in [5.41, 5.74) is 0. The lowest BCUT2D eigenvalue weighted by atomic mass is 10.6. The maximum atomic E-state index is 5.57. The second-order valence-corrected chi connectivity index (χ2v) is 1.81.